The first-order chi connectivity index (χ1) is 9.15. The molecule has 106 valence electrons. The Labute approximate surface area is 117 Å². The average Bonchev–Trinajstić information content (AvgIpc) is 2.90. The number of hydrogen-bond acceptors (Lipinski definition) is 3. The summed E-state index contributed by atoms with van der Waals surface area (Å²) in [6, 6.07) is 9.57. The van der Waals surface area contributed by atoms with Gasteiger partial charge in [0.1, 0.15) is 0 Å². The average molecular weight is 261 g/mol. The Hall–Kier alpha value is -1.06. The minimum atomic E-state index is 0.121. The van der Waals surface area contributed by atoms with E-state index in [9.17, 15) is 0 Å². The van der Waals surface area contributed by atoms with Gasteiger partial charge < -0.3 is 10.6 Å². The molecule has 1 aliphatic rings. The summed E-state index contributed by atoms with van der Waals surface area (Å²) in [4.78, 5) is 5.06. The van der Waals surface area contributed by atoms with Crippen molar-refractivity contribution in [2.24, 2.45) is 5.73 Å². The Balaban J connectivity index is 2.00. The van der Waals surface area contributed by atoms with Crippen LogP contribution in [0.15, 0.2) is 24.3 Å². The molecule has 1 heterocycles. The third kappa shape index (κ3) is 3.28. The smallest absolute Gasteiger partial charge is 0.0366 e. The summed E-state index contributed by atoms with van der Waals surface area (Å²) in [5, 5.41) is 0. The van der Waals surface area contributed by atoms with Crippen molar-refractivity contribution in [1.82, 2.24) is 4.90 Å². The van der Waals surface area contributed by atoms with Crippen LogP contribution in [0.2, 0.25) is 0 Å². The molecule has 1 saturated heterocycles. The Morgan fingerprint density at radius 3 is 2.42 bits per heavy atom. The summed E-state index contributed by atoms with van der Waals surface area (Å²) in [6.45, 7) is 11.2. The standard InChI is InChI=1S/C16H27N3/c1-4-18(5-2)16-10-11-19(12-16)15-8-6-14(7-9-15)13(3)17/h6-9,13,16H,4-5,10-12,17H2,1-3H3. The first kappa shape index (κ1) is 14.4. The summed E-state index contributed by atoms with van der Waals surface area (Å²) >= 11 is 0. The van der Waals surface area contributed by atoms with Crippen LogP contribution in [0.25, 0.3) is 0 Å². The van der Waals surface area contributed by atoms with E-state index < -0.39 is 0 Å². The molecule has 0 aliphatic carbocycles. The van der Waals surface area contributed by atoms with E-state index in [1.54, 1.807) is 0 Å². The number of hydrogen-bond donors (Lipinski definition) is 1. The Morgan fingerprint density at radius 1 is 1.26 bits per heavy atom. The molecule has 3 heteroatoms. The van der Waals surface area contributed by atoms with Crippen LogP contribution in [0.1, 0.15) is 38.8 Å². The monoisotopic (exact) mass is 261 g/mol. The molecule has 0 aromatic heterocycles. The van der Waals surface area contributed by atoms with E-state index in [1.165, 1.54) is 24.2 Å². The lowest BCUT2D eigenvalue weighted by molar-refractivity contribution is 0.232. The topological polar surface area (TPSA) is 32.5 Å². The van der Waals surface area contributed by atoms with Crippen LogP contribution in [0.3, 0.4) is 0 Å². The molecule has 3 nitrogen and oxygen atoms in total. The first-order valence-corrected chi connectivity index (χ1v) is 7.50. The minimum absolute atomic E-state index is 0.121. The summed E-state index contributed by atoms with van der Waals surface area (Å²) in [5.41, 5.74) is 8.44. The fourth-order valence-electron chi connectivity index (χ4n) is 3.00. The highest BCUT2D eigenvalue weighted by Crippen LogP contribution is 2.24. The molecule has 0 saturated carbocycles. The highest BCUT2D eigenvalue weighted by molar-refractivity contribution is 5.49. The second kappa shape index (κ2) is 6.40. The third-order valence-electron chi connectivity index (χ3n) is 4.28. The molecule has 1 aromatic rings. The molecule has 0 bridgehead atoms. The zero-order valence-corrected chi connectivity index (χ0v) is 12.5. The zero-order chi connectivity index (χ0) is 13.8. The Bertz CT molecular complexity index is 381. The van der Waals surface area contributed by atoms with Gasteiger partial charge in [-0.25, -0.2) is 0 Å². The fourth-order valence-corrected chi connectivity index (χ4v) is 3.00. The van der Waals surface area contributed by atoms with Crippen molar-refractivity contribution >= 4 is 5.69 Å². The maximum absolute atomic E-state index is 5.89. The molecule has 0 radical (unpaired) electrons. The largest absolute Gasteiger partial charge is 0.370 e. The molecule has 1 aliphatic heterocycles. The number of anilines is 1. The highest BCUT2D eigenvalue weighted by atomic mass is 15.2. The Kier molecular flexibility index (Phi) is 4.83. The van der Waals surface area contributed by atoms with Crippen LogP contribution in [-0.2, 0) is 0 Å². The van der Waals surface area contributed by atoms with E-state index in [-0.39, 0.29) is 6.04 Å². The molecule has 2 N–H and O–H groups in total. The van der Waals surface area contributed by atoms with Crippen LogP contribution in [0, 0.1) is 0 Å². The number of nitrogens with two attached hydrogens (primary N) is 1. The predicted octanol–water partition coefficient (Wildman–Crippen LogP) is 2.63. The van der Waals surface area contributed by atoms with E-state index in [2.05, 4.69) is 47.9 Å². The van der Waals surface area contributed by atoms with Gasteiger partial charge in [0.05, 0.1) is 0 Å². The van der Waals surface area contributed by atoms with Crippen molar-refractivity contribution in [3.05, 3.63) is 29.8 Å². The van der Waals surface area contributed by atoms with Gasteiger partial charge in [-0.1, -0.05) is 26.0 Å². The van der Waals surface area contributed by atoms with E-state index in [4.69, 9.17) is 5.73 Å². The van der Waals surface area contributed by atoms with Gasteiger partial charge in [0.15, 0.2) is 0 Å². The maximum atomic E-state index is 5.89. The third-order valence-corrected chi connectivity index (χ3v) is 4.28. The number of rotatable bonds is 5. The number of likely N-dealkylation sites (N-methyl/N-ethyl adjacent to an activating group) is 1. The molecule has 2 rings (SSSR count). The molecule has 19 heavy (non-hydrogen) atoms. The van der Waals surface area contributed by atoms with Crippen LogP contribution >= 0.6 is 0 Å². The van der Waals surface area contributed by atoms with E-state index >= 15 is 0 Å². The molecular formula is C16H27N3. The van der Waals surface area contributed by atoms with Gasteiger partial charge in [0, 0.05) is 30.9 Å². The summed E-state index contributed by atoms with van der Waals surface area (Å²) < 4.78 is 0. The molecule has 1 aromatic carbocycles. The van der Waals surface area contributed by atoms with Gasteiger partial charge in [0.25, 0.3) is 0 Å². The van der Waals surface area contributed by atoms with Crippen molar-refractivity contribution in [1.29, 1.82) is 0 Å². The molecule has 1 fully saturated rings. The van der Waals surface area contributed by atoms with Gasteiger partial charge in [-0.2, -0.15) is 0 Å². The van der Waals surface area contributed by atoms with Crippen LogP contribution in [0.4, 0.5) is 5.69 Å². The van der Waals surface area contributed by atoms with Crippen molar-refractivity contribution < 1.29 is 0 Å². The molecule has 0 amide bonds. The van der Waals surface area contributed by atoms with Crippen LogP contribution < -0.4 is 10.6 Å². The summed E-state index contributed by atoms with van der Waals surface area (Å²) in [6.07, 6.45) is 1.27. The van der Waals surface area contributed by atoms with Crippen molar-refractivity contribution in [2.75, 3.05) is 31.1 Å². The van der Waals surface area contributed by atoms with Gasteiger partial charge in [-0.15, -0.1) is 0 Å². The molecule has 0 spiro atoms. The maximum Gasteiger partial charge on any atom is 0.0366 e. The van der Waals surface area contributed by atoms with Gasteiger partial charge in [0.2, 0.25) is 0 Å². The van der Waals surface area contributed by atoms with E-state index in [0.717, 1.165) is 19.6 Å². The van der Waals surface area contributed by atoms with Crippen LogP contribution in [-0.4, -0.2) is 37.1 Å². The van der Waals surface area contributed by atoms with E-state index in [1.807, 2.05) is 6.92 Å². The Morgan fingerprint density at radius 2 is 1.89 bits per heavy atom. The fraction of sp³-hybridized carbons (Fsp3) is 0.625. The second-order valence-corrected chi connectivity index (χ2v) is 5.49. The first-order valence-electron chi connectivity index (χ1n) is 7.50. The van der Waals surface area contributed by atoms with Gasteiger partial charge in [-0.3, -0.25) is 4.90 Å². The highest BCUT2D eigenvalue weighted by Gasteiger charge is 2.26. The second-order valence-electron chi connectivity index (χ2n) is 5.49. The lowest BCUT2D eigenvalue weighted by Crippen LogP contribution is -2.37. The minimum Gasteiger partial charge on any atom is -0.370 e. The molecule has 2 unspecified atom stereocenters. The normalized spacial score (nSPS) is 21.1. The summed E-state index contributed by atoms with van der Waals surface area (Å²) in [5.74, 6) is 0. The molecular weight excluding hydrogens is 234 g/mol. The number of nitrogens with zero attached hydrogens (tertiary/aromatic N) is 2. The lowest BCUT2D eigenvalue weighted by Gasteiger charge is -2.26. The van der Waals surface area contributed by atoms with Crippen molar-refractivity contribution in [2.45, 2.75) is 39.3 Å². The van der Waals surface area contributed by atoms with E-state index in [0.29, 0.717) is 6.04 Å². The van der Waals surface area contributed by atoms with Crippen molar-refractivity contribution in [3.8, 4) is 0 Å². The van der Waals surface area contributed by atoms with Gasteiger partial charge >= 0.3 is 0 Å². The van der Waals surface area contributed by atoms with Gasteiger partial charge in [-0.05, 0) is 44.1 Å². The number of benzene rings is 1. The molecule has 2 atom stereocenters. The van der Waals surface area contributed by atoms with Crippen LogP contribution in [0.5, 0.6) is 0 Å². The zero-order valence-electron chi connectivity index (χ0n) is 12.5. The van der Waals surface area contributed by atoms with Crippen molar-refractivity contribution in [3.63, 3.8) is 0 Å². The SMILES string of the molecule is CCN(CC)C1CCN(c2ccc(C(C)N)cc2)C1. The predicted molar refractivity (Wildman–Crippen MR) is 82.6 cm³/mol. The summed E-state index contributed by atoms with van der Waals surface area (Å²) in [7, 11) is 0. The quantitative estimate of drug-likeness (QED) is 0.884. The lowest BCUT2D eigenvalue weighted by atomic mass is 10.1.